The van der Waals surface area contributed by atoms with E-state index < -0.39 is 26.5 Å². The van der Waals surface area contributed by atoms with Crippen LogP contribution in [-0.4, -0.2) is 34.0 Å². The maximum absolute atomic E-state index is 14.5. The zero-order valence-corrected chi connectivity index (χ0v) is 22.3. The number of allylic oxidation sites excluding steroid dienone is 3. The molecule has 3 aromatic rings. The summed E-state index contributed by atoms with van der Waals surface area (Å²) in [6, 6.07) is 10.7. The summed E-state index contributed by atoms with van der Waals surface area (Å²) in [7, 11) is -4.04. The molecule has 1 atom stereocenters. The first-order valence-corrected chi connectivity index (χ1v) is 13.5. The molecule has 10 heteroatoms. The van der Waals surface area contributed by atoms with Crippen LogP contribution in [0.4, 0.5) is 4.79 Å². The van der Waals surface area contributed by atoms with Crippen molar-refractivity contribution in [3.05, 3.63) is 76.8 Å². The number of nitrogens with one attached hydrogen (secondary N) is 1. The largest absolute Gasteiger partial charge is 0.444 e. The predicted octanol–water partition coefficient (Wildman–Crippen LogP) is 5.68. The summed E-state index contributed by atoms with van der Waals surface area (Å²) in [6.45, 7) is 6.97. The Labute approximate surface area is 216 Å². The Morgan fingerprint density at radius 3 is 2.69 bits per heavy atom. The molecule has 0 aliphatic heterocycles. The summed E-state index contributed by atoms with van der Waals surface area (Å²) < 4.78 is 39.2. The standard InChI is InChI=1S/C26H30ClN3O5S/c1-25(2,3)35-24(31)28-17-20-16-18-8-5-6-10-23(18)30(20)36(32,33)26(4)14-7-9-22(27)21(26)12-11-19-13-15-34-29-19/h5-10,13,15-16H,11-12,14,17H2,1-4H3,(H,28,31). The van der Waals surface area contributed by atoms with Crippen LogP contribution in [0, 0.1) is 0 Å². The second kappa shape index (κ2) is 9.78. The number of nitrogens with zero attached hydrogens (tertiary/aromatic N) is 2. The van der Waals surface area contributed by atoms with Crippen molar-refractivity contribution < 1.29 is 22.5 Å². The van der Waals surface area contributed by atoms with Gasteiger partial charge >= 0.3 is 6.09 Å². The fraction of sp³-hybridized carbons (Fsp3) is 0.385. The van der Waals surface area contributed by atoms with Crippen LogP contribution >= 0.6 is 11.6 Å². The van der Waals surface area contributed by atoms with Crippen molar-refractivity contribution in [3.8, 4) is 0 Å². The molecule has 8 nitrogen and oxygen atoms in total. The zero-order valence-electron chi connectivity index (χ0n) is 20.7. The van der Waals surface area contributed by atoms with Gasteiger partial charge in [-0.05, 0) is 70.7 Å². The van der Waals surface area contributed by atoms with E-state index in [1.807, 2.05) is 12.1 Å². The lowest BCUT2D eigenvalue weighted by Crippen LogP contribution is -2.43. The van der Waals surface area contributed by atoms with Crippen molar-refractivity contribution in [2.75, 3.05) is 0 Å². The molecule has 1 aliphatic rings. The number of benzene rings is 1. The van der Waals surface area contributed by atoms with Crippen LogP contribution in [0.3, 0.4) is 0 Å². The molecule has 0 saturated carbocycles. The summed E-state index contributed by atoms with van der Waals surface area (Å²) in [6.07, 6.45) is 5.53. The molecule has 1 N–H and O–H groups in total. The lowest BCUT2D eigenvalue weighted by atomic mass is 9.88. The highest BCUT2D eigenvalue weighted by Gasteiger charge is 2.46. The van der Waals surface area contributed by atoms with Gasteiger partial charge in [-0.1, -0.05) is 41.0 Å². The Balaban J connectivity index is 1.74. The molecule has 1 aromatic carbocycles. The van der Waals surface area contributed by atoms with Crippen LogP contribution in [0.15, 0.2) is 69.9 Å². The van der Waals surface area contributed by atoms with E-state index in [1.54, 1.807) is 64.1 Å². The minimum absolute atomic E-state index is 0.0273. The summed E-state index contributed by atoms with van der Waals surface area (Å²) in [4.78, 5) is 12.3. The Kier molecular flexibility index (Phi) is 7.07. The average Bonchev–Trinajstić information content (AvgIpc) is 3.43. The number of fused-ring (bicyclic) bond motifs is 1. The Morgan fingerprint density at radius 1 is 1.25 bits per heavy atom. The molecule has 2 aromatic heterocycles. The van der Waals surface area contributed by atoms with Crippen molar-refractivity contribution in [3.63, 3.8) is 0 Å². The second-order valence-electron chi connectivity index (χ2n) is 9.97. The third-order valence-electron chi connectivity index (χ3n) is 6.18. The van der Waals surface area contributed by atoms with Gasteiger partial charge in [0.05, 0.1) is 23.4 Å². The SMILES string of the molecule is CC(C)(C)OC(=O)NCc1cc2ccccc2n1S(=O)(=O)C1(C)CC=CC(Cl)=C1CCc1ccon1. The van der Waals surface area contributed by atoms with Gasteiger partial charge in [0.2, 0.25) is 10.0 Å². The normalized spacial score (nSPS) is 18.6. The van der Waals surface area contributed by atoms with Crippen LogP contribution in [0.1, 0.15) is 51.9 Å². The van der Waals surface area contributed by atoms with Gasteiger partial charge in [0.25, 0.3) is 0 Å². The molecule has 192 valence electrons. The first-order valence-electron chi connectivity index (χ1n) is 11.7. The van der Waals surface area contributed by atoms with E-state index in [-0.39, 0.29) is 13.0 Å². The van der Waals surface area contributed by atoms with E-state index in [1.165, 1.54) is 10.2 Å². The Morgan fingerprint density at radius 2 is 2.00 bits per heavy atom. The third-order valence-corrected chi connectivity index (χ3v) is 9.00. The van der Waals surface area contributed by atoms with E-state index in [9.17, 15) is 13.2 Å². The summed E-state index contributed by atoms with van der Waals surface area (Å²) in [5.74, 6) is 0. The van der Waals surface area contributed by atoms with Crippen LogP contribution < -0.4 is 5.32 Å². The van der Waals surface area contributed by atoms with E-state index in [4.69, 9.17) is 20.9 Å². The number of hydrogen-bond donors (Lipinski definition) is 1. The number of amides is 1. The van der Waals surface area contributed by atoms with Gasteiger partial charge in [-0.3, -0.25) is 0 Å². The smallest absolute Gasteiger partial charge is 0.407 e. The van der Waals surface area contributed by atoms with Gasteiger partial charge in [-0.2, -0.15) is 0 Å². The van der Waals surface area contributed by atoms with Gasteiger partial charge in [0, 0.05) is 16.5 Å². The number of rotatable bonds is 7. The highest BCUT2D eigenvalue weighted by Crippen LogP contribution is 2.42. The maximum atomic E-state index is 14.5. The van der Waals surface area contributed by atoms with Gasteiger partial charge in [0.1, 0.15) is 16.6 Å². The minimum atomic E-state index is -4.04. The molecular weight excluding hydrogens is 502 g/mol. The lowest BCUT2D eigenvalue weighted by molar-refractivity contribution is 0.0522. The number of hydrogen-bond acceptors (Lipinski definition) is 6. The molecule has 2 heterocycles. The lowest BCUT2D eigenvalue weighted by Gasteiger charge is -2.35. The van der Waals surface area contributed by atoms with Crippen molar-refractivity contribution in [2.24, 2.45) is 0 Å². The molecule has 36 heavy (non-hydrogen) atoms. The molecular formula is C26H30ClN3O5S. The number of halogens is 1. The number of para-hydroxylation sites is 1. The molecule has 1 aliphatic carbocycles. The predicted molar refractivity (Wildman–Crippen MR) is 139 cm³/mol. The van der Waals surface area contributed by atoms with E-state index in [0.717, 1.165) is 11.1 Å². The number of alkyl carbamates (subject to hydrolysis) is 1. The number of aromatic nitrogens is 2. The maximum Gasteiger partial charge on any atom is 0.407 e. The molecule has 0 radical (unpaired) electrons. The first kappa shape index (κ1) is 26.0. The van der Waals surface area contributed by atoms with Crippen LogP contribution in [0.25, 0.3) is 10.9 Å². The van der Waals surface area contributed by atoms with Gasteiger partial charge in [-0.25, -0.2) is 17.2 Å². The van der Waals surface area contributed by atoms with Crippen LogP contribution in [-0.2, 0) is 27.7 Å². The first-order chi connectivity index (χ1) is 16.9. The van der Waals surface area contributed by atoms with Gasteiger partial charge in [0.15, 0.2) is 0 Å². The monoisotopic (exact) mass is 531 g/mol. The molecule has 0 fully saturated rings. The van der Waals surface area contributed by atoms with Crippen molar-refractivity contribution >= 4 is 38.6 Å². The van der Waals surface area contributed by atoms with E-state index >= 15 is 0 Å². The zero-order chi connectivity index (χ0) is 26.1. The van der Waals surface area contributed by atoms with Crippen molar-refractivity contribution in [1.82, 2.24) is 14.4 Å². The van der Waals surface area contributed by atoms with E-state index in [2.05, 4.69) is 10.5 Å². The second-order valence-corrected chi connectivity index (χ2v) is 12.6. The molecule has 0 spiro atoms. The molecule has 0 saturated heterocycles. The fourth-order valence-electron chi connectivity index (χ4n) is 4.40. The van der Waals surface area contributed by atoms with Crippen LogP contribution in [0.2, 0.25) is 0 Å². The van der Waals surface area contributed by atoms with Crippen molar-refractivity contribution in [2.45, 2.75) is 63.9 Å². The number of ether oxygens (including phenoxy) is 1. The summed E-state index contributed by atoms with van der Waals surface area (Å²) in [5.41, 5.74) is 1.60. The number of carbonyl (C=O) groups excluding carboxylic acids is 1. The molecule has 1 unspecified atom stereocenters. The van der Waals surface area contributed by atoms with Gasteiger partial charge in [-0.15, -0.1) is 0 Å². The minimum Gasteiger partial charge on any atom is -0.444 e. The van der Waals surface area contributed by atoms with Gasteiger partial charge < -0.3 is 14.6 Å². The average molecular weight is 532 g/mol. The number of aryl methyl sites for hydroxylation is 1. The summed E-state index contributed by atoms with van der Waals surface area (Å²) in [5, 5.41) is 7.78. The molecule has 1 amide bonds. The molecule has 0 bridgehead atoms. The topological polar surface area (TPSA) is 103 Å². The molecule has 4 rings (SSSR count). The Bertz CT molecular complexity index is 1430. The highest BCUT2D eigenvalue weighted by molar-refractivity contribution is 7.91. The van der Waals surface area contributed by atoms with Crippen molar-refractivity contribution in [1.29, 1.82) is 0 Å². The Hall–Kier alpha value is -3.04. The summed E-state index contributed by atoms with van der Waals surface area (Å²) >= 11 is 6.60. The number of carbonyl (C=O) groups is 1. The third kappa shape index (κ3) is 5.08. The quantitative estimate of drug-likeness (QED) is 0.421. The van der Waals surface area contributed by atoms with Crippen LogP contribution in [0.5, 0.6) is 0 Å². The van der Waals surface area contributed by atoms with E-state index in [0.29, 0.717) is 34.7 Å². The highest BCUT2D eigenvalue weighted by atomic mass is 35.5. The fourth-order valence-corrected chi connectivity index (χ4v) is 6.93.